The van der Waals surface area contributed by atoms with Crippen LogP contribution in [0, 0.1) is 5.41 Å². The van der Waals surface area contributed by atoms with Crippen LogP contribution in [-0.4, -0.2) is 16.8 Å². The molecule has 0 aliphatic rings. The zero-order valence-corrected chi connectivity index (χ0v) is 11.4. The normalized spacial score (nSPS) is 13.2. The molecule has 3 heteroatoms. The molecule has 0 saturated heterocycles. The molecule has 1 rings (SSSR count). The van der Waals surface area contributed by atoms with Gasteiger partial charge in [0.05, 0.1) is 5.56 Å². The van der Waals surface area contributed by atoms with E-state index < -0.39 is 0 Å². The number of aromatic nitrogens is 1. The summed E-state index contributed by atoms with van der Waals surface area (Å²) in [6.07, 6.45) is 2.71. The molecule has 0 bridgehead atoms. The summed E-state index contributed by atoms with van der Waals surface area (Å²) < 4.78 is 0. The van der Waals surface area contributed by atoms with Crippen molar-refractivity contribution in [3.05, 3.63) is 23.9 Å². The Bertz CT molecular complexity index is 393. The summed E-state index contributed by atoms with van der Waals surface area (Å²) in [5, 5.41) is 3.28. The van der Waals surface area contributed by atoms with Crippen LogP contribution < -0.4 is 5.32 Å². The van der Waals surface area contributed by atoms with E-state index in [2.05, 4.69) is 24.1 Å². The number of hydrogen-bond donors (Lipinski definition) is 1. The molecule has 1 aromatic rings. The molecule has 0 spiro atoms. The van der Waals surface area contributed by atoms with Crippen LogP contribution in [0.1, 0.15) is 51.4 Å². The quantitative estimate of drug-likeness (QED) is 0.810. The molecular formula is C14H22N2O. The molecule has 1 atom stereocenters. The van der Waals surface area contributed by atoms with Crippen LogP contribution in [0.5, 0.6) is 0 Å². The highest BCUT2D eigenvalue weighted by molar-refractivity contribution is 6.03. The van der Waals surface area contributed by atoms with Gasteiger partial charge in [-0.3, -0.25) is 4.79 Å². The fourth-order valence-corrected chi connectivity index (χ4v) is 1.44. The Balaban J connectivity index is 3.04. The molecule has 1 unspecified atom stereocenters. The molecule has 3 nitrogen and oxygen atoms in total. The number of Topliss-reactive ketones (excluding diaryl/α,β-unsaturated/α-hetero) is 1. The molecule has 0 saturated carbocycles. The van der Waals surface area contributed by atoms with Crippen molar-refractivity contribution in [2.75, 3.05) is 5.32 Å². The highest BCUT2D eigenvalue weighted by Gasteiger charge is 2.25. The van der Waals surface area contributed by atoms with Gasteiger partial charge in [0.2, 0.25) is 0 Å². The van der Waals surface area contributed by atoms with Crippen molar-refractivity contribution in [3.8, 4) is 0 Å². The minimum absolute atomic E-state index is 0.122. The van der Waals surface area contributed by atoms with Crippen molar-refractivity contribution in [3.63, 3.8) is 0 Å². The van der Waals surface area contributed by atoms with Crippen LogP contribution in [0.2, 0.25) is 0 Å². The molecule has 0 fully saturated rings. The van der Waals surface area contributed by atoms with E-state index in [1.54, 1.807) is 12.3 Å². The van der Waals surface area contributed by atoms with Crippen molar-refractivity contribution in [1.82, 2.24) is 4.98 Å². The van der Waals surface area contributed by atoms with Gasteiger partial charge in [0.1, 0.15) is 5.82 Å². The average Bonchev–Trinajstić information content (AvgIpc) is 2.27. The molecule has 94 valence electrons. The van der Waals surface area contributed by atoms with Gasteiger partial charge in [-0.2, -0.15) is 0 Å². The van der Waals surface area contributed by atoms with E-state index >= 15 is 0 Å². The van der Waals surface area contributed by atoms with Crippen molar-refractivity contribution < 1.29 is 4.79 Å². The number of hydrogen-bond acceptors (Lipinski definition) is 3. The number of nitrogens with one attached hydrogen (secondary N) is 1. The molecule has 1 N–H and O–H groups in total. The van der Waals surface area contributed by atoms with E-state index in [1.807, 2.05) is 26.8 Å². The largest absolute Gasteiger partial charge is 0.367 e. The lowest BCUT2D eigenvalue weighted by molar-refractivity contribution is 0.0859. The third-order valence-electron chi connectivity index (χ3n) is 2.73. The van der Waals surface area contributed by atoms with Crippen molar-refractivity contribution in [1.29, 1.82) is 0 Å². The van der Waals surface area contributed by atoms with Crippen molar-refractivity contribution in [2.45, 2.75) is 47.1 Å². The minimum atomic E-state index is -0.380. The van der Waals surface area contributed by atoms with Gasteiger partial charge in [0.25, 0.3) is 0 Å². The van der Waals surface area contributed by atoms with Crippen LogP contribution in [0.4, 0.5) is 5.82 Å². The van der Waals surface area contributed by atoms with Crippen molar-refractivity contribution in [2.24, 2.45) is 5.41 Å². The average molecular weight is 234 g/mol. The number of pyridine rings is 1. The molecule has 0 aromatic carbocycles. The molecule has 0 aliphatic carbocycles. The van der Waals surface area contributed by atoms with E-state index in [1.165, 1.54) is 0 Å². The first-order chi connectivity index (χ1) is 7.86. The highest BCUT2D eigenvalue weighted by atomic mass is 16.1. The smallest absolute Gasteiger partial charge is 0.171 e. The Morgan fingerprint density at radius 2 is 2.12 bits per heavy atom. The van der Waals surface area contributed by atoms with E-state index in [0.29, 0.717) is 17.4 Å². The van der Waals surface area contributed by atoms with Crippen LogP contribution >= 0.6 is 0 Å². The predicted octanol–water partition coefficient (Wildman–Crippen LogP) is 3.52. The Hall–Kier alpha value is -1.38. The molecular weight excluding hydrogens is 212 g/mol. The molecule has 1 aromatic heterocycles. The Kier molecular flexibility index (Phi) is 4.27. The number of carbonyl (C=O) groups excluding carboxylic acids is 1. The predicted molar refractivity (Wildman–Crippen MR) is 71.4 cm³/mol. The molecule has 17 heavy (non-hydrogen) atoms. The Labute approximate surface area is 104 Å². The maximum Gasteiger partial charge on any atom is 0.171 e. The van der Waals surface area contributed by atoms with E-state index in [-0.39, 0.29) is 11.2 Å². The maximum atomic E-state index is 12.3. The summed E-state index contributed by atoms with van der Waals surface area (Å²) >= 11 is 0. The zero-order valence-electron chi connectivity index (χ0n) is 11.4. The lowest BCUT2D eigenvalue weighted by Crippen LogP contribution is -2.24. The number of nitrogens with zero attached hydrogens (tertiary/aromatic N) is 1. The third-order valence-corrected chi connectivity index (χ3v) is 2.73. The van der Waals surface area contributed by atoms with E-state index in [0.717, 1.165) is 6.42 Å². The molecule has 0 radical (unpaired) electrons. The first kappa shape index (κ1) is 13.7. The van der Waals surface area contributed by atoms with Crippen molar-refractivity contribution >= 4 is 11.6 Å². The Morgan fingerprint density at radius 3 is 2.65 bits per heavy atom. The highest BCUT2D eigenvalue weighted by Crippen LogP contribution is 2.24. The van der Waals surface area contributed by atoms with Gasteiger partial charge in [0.15, 0.2) is 5.78 Å². The second-order valence-corrected chi connectivity index (χ2v) is 5.43. The van der Waals surface area contributed by atoms with Crippen LogP contribution in [-0.2, 0) is 0 Å². The maximum absolute atomic E-state index is 12.3. The number of ketones is 1. The van der Waals surface area contributed by atoms with Crippen LogP contribution in [0.25, 0.3) is 0 Å². The van der Waals surface area contributed by atoms with Gasteiger partial charge in [-0.05, 0) is 25.5 Å². The zero-order chi connectivity index (χ0) is 13.1. The number of carbonyl (C=O) groups is 1. The first-order valence-corrected chi connectivity index (χ1v) is 6.12. The van der Waals surface area contributed by atoms with Gasteiger partial charge >= 0.3 is 0 Å². The summed E-state index contributed by atoms with van der Waals surface area (Å²) in [6.45, 7) is 9.96. The monoisotopic (exact) mass is 234 g/mol. The lowest BCUT2D eigenvalue weighted by atomic mass is 9.86. The lowest BCUT2D eigenvalue weighted by Gasteiger charge is -2.20. The third kappa shape index (κ3) is 3.55. The van der Waals surface area contributed by atoms with Gasteiger partial charge < -0.3 is 5.32 Å². The summed E-state index contributed by atoms with van der Waals surface area (Å²) in [7, 11) is 0. The Morgan fingerprint density at radius 1 is 1.47 bits per heavy atom. The summed E-state index contributed by atoms with van der Waals surface area (Å²) in [4.78, 5) is 16.5. The first-order valence-electron chi connectivity index (χ1n) is 6.12. The van der Waals surface area contributed by atoms with Gasteiger partial charge in [-0.25, -0.2) is 4.98 Å². The standard InChI is InChI=1S/C14H22N2O/c1-6-10(2)16-13-11(8-7-9-15-13)12(17)14(3,4)5/h7-10H,6H2,1-5H3,(H,15,16). The summed E-state index contributed by atoms with van der Waals surface area (Å²) in [5.74, 6) is 0.818. The fourth-order valence-electron chi connectivity index (χ4n) is 1.44. The second-order valence-electron chi connectivity index (χ2n) is 5.43. The summed E-state index contributed by atoms with van der Waals surface area (Å²) in [5.41, 5.74) is 0.301. The molecule has 0 aliphatic heterocycles. The molecule has 0 amide bonds. The SMILES string of the molecule is CCC(C)Nc1ncccc1C(=O)C(C)(C)C. The van der Waals surface area contributed by atoms with Gasteiger partial charge in [-0.15, -0.1) is 0 Å². The number of rotatable bonds is 4. The number of anilines is 1. The molecule has 1 heterocycles. The minimum Gasteiger partial charge on any atom is -0.367 e. The van der Waals surface area contributed by atoms with E-state index in [4.69, 9.17) is 0 Å². The summed E-state index contributed by atoms with van der Waals surface area (Å²) in [6, 6.07) is 3.96. The fraction of sp³-hybridized carbons (Fsp3) is 0.571. The van der Waals surface area contributed by atoms with E-state index in [9.17, 15) is 4.79 Å². The van der Waals surface area contributed by atoms with Gasteiger partial charge in [-0.1, -0.05) is 27.7 Å². The van der Waals surface area contributed by atoms with Crippen LogP contribution in [0.15, 0.2) is 18.3 Å². The second kappa shape index (κ2) is 5.30. The topological polar surface area (TPSA) is 42.0 Å². The van der Waals surface area contributed by atoms with Gasteiger partial charge in [0, 0.05) is 17.7 Å². The van der Waals surface area contributed by atoms with Crippen LogP contribution in [0.3, 0.4) is 0 Å².